The molecular weight excluding hydrogens is 142 g/mol. The smallest absolute Gasteiger partial charge is 0.307 e. The van der Waals surface area contributed by atoms with Gasteiger partial charge in [0.2, 0.25) is 0 Å². The van der Waals surface area contributed by atoms with Gasteiger partial charge in [-0.25, -0.2) is 0 Å². The zero-order chi connectivity index (χ0) is 8.85. The summed E-state index contributed by atoms with van der Waals surface area (Å²) in [4.78, 5) is 10.7. The van der Waals surface area contributed by atoms with Gasteiger partial charge < -0.3 is 10.5 Å². The fraction of sp³-hybridized carbons (Fsp3) is 0.875. The molecule has 0 saturated heterocycles. The Labute approximate surface area is 67.9 Å². The maximum Gasteiger partial charge on any atom is 0.307 e. The van der Waals surface area contributed by atoms with Crippen molar-refractivity contribution in [1.29, 1.82) is 0 Å². The Kier molecular flexibility index (Phi) is 4.86. The van der Waals surface area contributed by atoms with Crippen LogP contribution >= 0.6 is 0 Å². The lowest BCUT2D eigenvalue weighted by Crippen LogP contribution is -2.30. The molecule has 0 aromatic carbocycles. The molecule has 11 heavy (non-hydrogen) atoms. The van der Waals surface area contributed by atoms with E-state index in [1.165, 1.54) is 7.11 Å². The van der Waals surface area contributed by atoms with Crippen LogP contribution < -0.4 is 5.73 Å². The van der Waals surface area contributed by atoms with E-state index in [4.69, 9.17) is 5.73 Å². The molecule has 0 spiro atoms. The predicted octanol–water partition coefficient (Wildman–Crippen LogP) is 0.923. The van der Waals surface area contributed by atoms with Gasteiger partial charge in [-0.3, -0.25) is 4.79 Å². The number of ether oxygens (including phenoxy) is 1. The van der Waals surface area contributed by atoms with Crippen LogP contribution in [0.15, 0.2) is 0 Å². The topological polar surface area (TPSA) is 52.3 Å². The highest BCUT2D eigenvalue weighted by molar-refractivity contribution is 5.69. The second-order valence-corrected chi connectivity index (χ2v) is 2.83. The largest absolute Gasteiger partial charge is 0.469 e. The lowest BCUT2D eigenvalue weighted by Gasteiger charge is -2.16. The Morgan fingerprint density at radius 1 is 1.64 bits per heavy atom. The number of esters is 1. The molecule has 0 radical (unpaired) electrons. The van der Waals surface area contributed by atoms with E-state index in [0.717, 1.165) is 6.42 Å². The van der Waals surface area contributed by atoms with E-state index in [-0.39, 0.29) is 12.0 Å². The third kappa shape index (κ3) is 3.98. The van der Waals surface area contributed by atoms with Crippen molar-refractivity contribution in [3.8, 4) is 0 Å². The Morgan fingerprint density at radius 3 is 2.55 bits per heavy atom. The minimum atomic E-state index is -0.224. The van der Waals surface area contributed by atoms with Crippen molar-refractivity contribution in [3.05, 3.63) is 0 Å². The third-order valence-corrected chi connectivity index (χ3v) is 2.00. The Bertz CT molecular complexity index is 125. The highest BCUT2D eigenvalue weighted by Crippen LogP contribution is 2.08. The van der Waals surface area contributed by atoms with Crippen LogP contribution in [0.4, 0.5) is 0 Å². The summed E-state index contributed by atoms with van der Waals surface area (Å²) in [7, 11) is 1.38. The molecule has 0 heterocycles. The summed E-state index contributed by atoms with van der Waals surface area (Å²) in [6.07, 6.45) is 1.32. The van der Waals surface area contributed by atoms with Gasteiger partial charge in [0, 0.05) is 6.04 Å². The van der Waals surface area contributed by atoms with E-state index in [2.05, 4.69) is 11.7 Å². The highest BCUT2D eigenvalue weighted by Gasteiger charge is 2.14. The summed E-state index contributed by atoms with van der Waals surface area (Å²) in [5, 5.41) is 0. The number of methoxy groups -OCH3 is 1. The maximum absolute atomic E-state index is 10.7. The van der Waals surface area contributed by atoms with Crippen molar-refractivity contribution in [2.75, 3.05) is 7.11 Å². The van der Waals surface area contributed by atoms with Gasteiger partial charge in [0.1, 0.15) is 0 Å². The van der Waals surface area contributed by atoms with Crippen molar-refractivity contribution in [1.82, 2.24) is 0 Å². The molecular formula is C8H17NO2. The first-order valence-electron chi connectivity index (χ1n) is 3.94. The first-order chi connectivity index (χ1) is 5.11. The first kappa shape index (κ1) is 10.4. The van der Waals surface area contributed by atoms with Crippen LogP contribution in [0.25, 0.3) is 0 Å². The molecule has 3 heteroatoms. The fourth-order valence-corrected chi connectivity index (χ4v) is 0.780. The molecule has 0 bridgehead atoms. The lowest BCUT2D eigenvalue weighted by molar-refractivity contribution is -0.141. The molecule has 3 nitrogen and oxygen atoms in total. The summed E-state index contributed by atoms with van der Waals surface area (Å²) in [5.74, 6) is 0.159. The summed E-state index contributed by atoms with van der Waals surface area (Å²) in [6.45, 7) is 4.09. The molecule has 0 aliphatic carbocycles. The molecule has 0 saturated carbocycles. The average molecular weight is 159 g/mol. The molecule has 0 aliphatic heterocycles. The molecule has 0 amide bonds. The Morgan fingerprint density at radius 2 is 2.18 bits per heavy atom. The second kappa shape index (κ2) is 5.13. The normalized spacial score (nSPS) is 15.6. The van der Waals surface area contributed by atoms with E-state index in [9.17, 15) is 4.79 Å². The predicted molar refractivity (Wildman–Crippen MR) is 44.1 cm³/mol. The van der Waals surface area contributed by atoms with Gasteiger partial charge >= 0.3 is 5.97 Å². The number of hydrogen-bond donors (Lipinski definition) is 1. The van der Waals surface area contributed by atoms with Gasteiger partial charge in [-0.15, -0.1) is 0 Å². The van der Waals surface area contributed by atoms with Gasteiger partial charge in [-0.2, -0.15) is 0 Å². The van der Waals surface area contributed by atoms with Gasteiger partial charge in [0.05, 0.1) is 13.5 Å². The van der Waals surface area contributed by atoms with Gasteiger partial charge in [-0.1, -0.05) is 20.3 Å². The lowest BCUT2D eigenvalue weighted by atomic mass is 9.97. The van der Waals surface area contributed by atoms with Crippen LogP contribution in [-0.2, 0) is 9.53 Å². The van der Waals surface area contributed by atoms with Crippen LogP contribution in [0.1, 0.15) is 26.7 Å². The summed E-state index contributed by atoms with van der Waals surface area (Å²) < 4.78 is 4.50. The monoisotopic (exact) mass is 159 g/mol. The molecule has 0 aliphatic rings. The number of carbonyl (C=O) groups excluding carboxylic acids is 1. The second-order valence-electron chi connectivity index (χ2n) is 2.83. The van der Waals surface area contributed by atoms with Crippen molar-refractivity contribution in [2.45, 2.75) is 32.7 Å². The molecule has 2 atom stereocenters. The van der Waals surface area contributed by atoms with Crippen LogP contribution in [0.3, 0.4) is 0 Å². The van der Waals surface area contributed by atoms with E-state index in [1.807, 2.05) is 6.92 Å². The minimum Gasteiger partial charge on any atom is -0.469 e. The molecule has 66 valence electrons. The molecule has 0 aromatic rings. The minimum absolute atomic E-state index is 0.0625. The SMILES string of the molecule is CCC(C)[C@H](N)CC(=O)OC. The fourth-order valence-electron chi connectivity index (χ4n) is 0.780. The first-order valence-corrected chi connectivity index (χ1v) is 3.94. The van der Waals surface area contributed by atoms with E-state index < -0.39 is 0 Å². The van der Waals surface area contributed by atoms with E-state index >= 15 is 0 Å². The maximum atomic E-state index is 10.7. The van der Waals surface area contributed by atoms with Gasteiger partial charge in [-0.05, 0) is 5.92 Å². The summed E-state index contributed by atoms with van der Waals surface area (Å²) in [5.41, 5.74) is 5.70. The van der Waals surface area contributed by atoms with E-state index in [1.54, 1.807) is 0 Å². The zero-order valence-corrected chi connectivity index (χ0v) is 7.46. The highest BCUT2D eigenvalue weighted by atomic mass is 16.5. The van der Waals surface area contributed by atoms with Crippen molar-refractivity contribution in [2.24, 2.45) is 11.7 Å². The third-order valence-electron chi connectivity index (χ3n) is 2.00. The molecule has 2 N–H and O–H groups in total. The molecule has 0 rings (SSSR count). The molecule has 0 fully saturated rings. The molecule has 1 unspecified atom stereocenters. The zero-order valence-electron chi connectivity index (χ0n) is 7.46. The average Bonchev–Trinajstić information content (AvgIpc) is 2.02. The van der Waals surface area contributed by atoms with Crippen molar-refractivity contribution >= 4 is 5.97 Å². The number of nitrogens with two attached hydrogens (primary N) is 1. The van der Waals surface area contributed by atoms with Crippen molar-refractivity contribution in [3.63, 3.8) is 0 Å². The molecule has 0 aromatic heterocycles. The van der Waals surface area contributed by atoms with Crippen molar-refractivity contribution < 1.29 is 9.53 Å². The summed E-state index contributed by atoms with van der Waals surface area (Å²) in [6, 6.07) is -0.0625. The van der Waals surface area contributed by atoms with Crippen LogP contribution in [0.5, 0.6) is 0 Å². The quantitative estimate of drug-likeness (QED) is 0.621. The van der Waals surface area contributed by atoms with Crippen LogP contribution in [0.2, 0.25) is 0 Å². The van der Waals surface area contributed by atoms with Crippen LogP contribution in [-0.4, -0.2) is 19.1 Å². The number of hydrogen-bond acceptors (Lipinski definition) is 3. The van der Waals surface area contributed by atoms with Crippen LogP contribution in [0, 0.1) is 5.92 Å². The Hall–Kier alpha value is -0.570. The van der Waals surface area contributed by atoms with Gasteiger partial charge in [0.15, 0.2) is 0 Å². The summed E-state index contributed by atoms with van der Waals surface area (Å²) >= 11 is 0. The standard InChI is InChI=1S/C8H17NO2/c1-4-6(2)7(9)5-8(10)11-3/h6-7H,4-5,9H2,1-3H3/t6?,7-/m1/s1. The van der Waals surface area contributed by atoms with Gasteiger partial charge in [0.25, 0.3) is 0 Å². The number of rotatable bonds is 4. The number of carbonyl (C=O) groups is 1. The Balaban J connectivity index is 3.67. The van der Waals surface area contributed by atoms with E-state index in [0.29, 0.717) is 12.3 Å².